The molecule has 2 rings (SSSR count). The summed E-state index contributed by atoms with van der Waals surface area (Å²) in [6.45, 7) is 5.89. The number of carbonyl (C=O) groups excluding carboxylic acids is 1. The average Bonchev–Trinajstić information content (AvgIpc) is 2.39. The molecule has 0 atom stereocenters. The first-order chi connectivity index (χ1) is 9.52. The number of aromatic amines is 1. The van der Waals surface area contributed by atoms with E-state index in [4.69, 9.17) is 4.74 Å². The van der Waals surface area contributed by atoms with E-state index in [9.17, 15) is 9.59 Å². The van der Waals surface area contributed by atoms with E-state index in [-0.39, 0.29) is 18.3 Å². The highest BCUT2D eigenvalue weighted by Gasteiger charge is 2.16. The zero-order valence-electron chi connectivity index (χ0n) is 11.7. The lowest BCUT2D eigenvalue weighted by atomic mass is 10.1. The Labute approximate surface area is 116 Å². The van der Waals surface area contributed by atoms with Crippen molar-refractivity contribution < 1.29 is 9.53 Å². The van der Waals surface area contributed by atoms with Crippen LogP contribution in [0.5, 0.6) is 0 Å². The second-order valence-electron chi connectivity index (χ2n) is 4.68. The number of H-pyrrole nitrogens is 1. The van der Waals surface area contributed by atoms with Crippen LogP contribution in [-0.4, -0.2) is 28.8 Å². The monoisotopic (exact) mass is 275 g/mol. The number of aromatic nitrogens is 2. The van der Waals surface area contributed by atoms with E-state index in [2.05, 4.69) is 15.5 Å². The normalized spacial score (nSPS) is 10.8. The largest absolute Gasteiger partial charge is 0.461 e. The van der Waals surface area contributed by atoms with Crippen molar-refractivity contribution in [3.05, 3.63) is 34.1 Å². The quantitative estimate of drug-likeness (QED) is 0.833. The fourth-order valence-corrected chi connectivity index (χ4v) is 1.88. The van der Waals surface area contributed by atoms with Gasteiger partial charge in [0.2, 0.25) is 11.1 Å². The van der Waals surface area contributed by atoms with E-state index in [1.165, 1.54) is 0 Å². The highest BCUT2D eigenvalue weighted by Crippen LogP contribution is 2.15. The Hall–Kier alpha value is -2.37. The molecule has 6 nitrogen and oxygen atoms in total. The van der Waals surface area contributed by atoms with Crippen LogP contribution in [0.2, 0.25) is 0 Å². The van der Waals surface area contributed by atoms with Gasteiger partial charge in [-0.2, -0.15) is 5.10 Å². The molecule has 0 saturated carbocycles. The SMILES string of the molecule is CCOC(=O)c1n[nH]c2ccc(NC(C)C)cc2c1=O. The van der Waals surface area contributed by atoms with Crippen LogP contribution in [0, 0.1) is 0 Å². The molecule has 0 amide bonds. The molecule has 1 heterocycles. The minimum Gasteiger partial charge on any atom is -0.461 e. The van der Waals surface area contributed by atoms with Crippen LogP contribution >= 0.6 is 0 Å². The Bertz CT molecular complexity index is 692. The summed E-state index contributed by atoms with van der Waals surface area (Å²) in [5.41, 5.74) is 0.752. The minimum absolute atomic E-state index is 0.201. The number of hydrogen-bond acceptors (Lipinski definition) is 5. The maximum Gasteiger partial charge on any atom is 0.362 e. The third kappa shape index (κ3) is 2.79. The Kier molecular flexibility index (Phi) is 4.02. The van der Waals surface area contributed by atoms with E-state index in [0.29, 0.717) is 10.9 Å². The third-order valence-electron chi connectivity index (χ3n) is 2.69. The van der Waals surface area contributed by atoms with Crippen LogP contribution in [-0.2, 0) is 4.74 Å². The average molecular weight is 275 g/mol. The highest BCUT2D eigenvalue weighted by molar-refractivity contribution is 5.92. The molecule has 0 spiro atoms. The van der Waals surface area contributed by atoms with Crippen LogP contribution in [0.15, 0.2) is 23.0 Å². The first kappa shape index (κ1) is 14.0. The molecule has 0 saturated heterocycles. The maximum atomic E-state index is 12.3. The lowest BCUT2D eigenvalue weighted by Gasteiger charge is -2.10. The topological polar surface area (TPSA) is 84.1 Å². The Morgan fingerprint density at radius 2 is 2.20 bits per heavy atom. The van der Waals surface area contributed by atoms with Crippen molar-refractivity contribution in [2.24, 2.45) is 0 Å². The van der Waals surface area contributed by atoms with Crippen LogP contribution < -0.4 is 10.7 Å². The zero-order chi connectivity index (χ0) is 14.7. The van der Waals surface area contributed by atoms with Crippen molar-refractivity contribution in [1.82, 2.24) is 10.2 Å². The molecule has 1 aromatic heterocycles. The number of nitrogens with zero attached hydrogens (tertiary/aromatic N) is 1. The van der Waals surface area contributed by atoms with E-state index in [0.717, 1.165) is 5.69 Å². The second-order valence-corrected chi connectivity index (χ2v) is 4.68. The molecule has 20 heavy (non-hydrogen) atoms. The van der Waals surface area contributed by atoms with Gasteiger partial charge >= 0.3 is 5.97 Å². The first-order valence-electron chi connectivity index (χ1n) is 6.49. The van der Waals surface area contributed by atoms with Crippen LogP contribution in [0.25, 0.3) is 10.9 Å². The van der Waals surface area contributed by atoms with Crippen molar-refractivity contribution in [1.29, 1.82) is 0 Å². The molecule has 0 aliphatic heterocycles. The summed E-state index contributed by atoms with van der Waals surface area (Å²) in [6, 6.07) is 5.56. The van der Waals surface area contributed by atoms with Crippen LogP contribution in [0.1, 0.15) is 31.3 Å². The number of carbonyl (C=O) groups is 1. The van der Waals surface area contributed by atoms with Crippen LogP contribution in [0.4, 0.5) is 5.69 Å². The molecular formula is C14H17N3O3. The van der Waals surface area contributed by atoms with Gasteiger partial charge in [0.25, 0.3) is 0 Å². The molecule has 0 radical (unpaired) electrons. The number of ether oxygens (including phenoxy) is 1. The number of rotatable bonds is 4. The number of anilines is 1. The summed E-state index contributed by atoms with van der Waals surface area (Å²) in [5, 5.41) is 10.1. The molecule has 106 valence electrons. The zero-order valence-corrected chi connectivity index (χ0v) is 11.7. The summed E-state index contributed by atoms with van der Waals surface area (Å²) in [6.07, 6.45) is 0. The third-order valence-corrected chi connectivity index (χ3v) is 2.69. The molecule has 0 aliphatic carbocycles. The lowest BCUT2D eigenvalue weighted by molar-refractivity contribution is 0.0517. The van der Waals surface area contributed by atoms with Gasteiger partial charge in [0, 0.05) is 11.7 Å². The van der Waals surface area contributed by atoms with E-state index in [1.807, 2.05) is 19.9 Å². The molecule has 0 aliphatic rings. The van der Waals surface area contributed by atoms with E-state index < -0.39 is 11.4 Å². The summed E-state index contributed by atoms with van der Waals surface area (Å²) in [7, 11) is 0. The molecule has 1 aromatic carbocycles. The van der Waals surface area contributed by atoms with Gasteiger partial charge in [-0.3, -0.25) is 9.89 Å². The summed E-state index contributed by atoms with van der Waals surface area (Å²) >= 11 is 0. The number of fused-ring (bicyclic) bond motifs is 1. The molecule has 0 bridgehead atoms. The van der Waals surface area contributed by atoms with Crippen LogP contribution in [0.3, 0.4) is 0 Å². The predicted molar refractivity (Wildman–Crippen MR) is 77.1 cm³/mol. The second kappa shape index (κ2) is 5.73. The number of nitrogens with one attached hydrogen (secondary N) is 2. The summed E-state index contributed by atoms with van der Waals surface area (Å²) in [4.78, 5) is 23.9. The summed E-state index contributed by atoms with van der Waals surface area (Å²) in [5.74, 6) is -0.710. The highest BCUT2D eigenvalue weighted by atomic mass is 16.5. The smallest absolute Gasteiger partial charge is 0.362 e. The number of benzene rings is 1. The van der Waals surface area contributed by atoms with Crippen molar-refractivity contribution >= 4 is 22.6 Å². The van der Waals surface area contributed by atoms with Gasteiger partial charge in [0.05, 0.1) is 17.5 Å². The maximum absolute atomic E-state index is 12.3. The molecule has 6 heteroatoms. The molecule has 0 fully saturated rings. The van der Waals surface area contributed by atoms with E-state index >= 15 is 0 Å². The first-order valence-corrected chi connectivity index (χ1v) is 6.49. The van der Waals surface area contributed by atoms with Crippen molar-refractivity contribution in [3.63, 3.8) is 0 Å². The predicted octanol–water partition coefficient (Wildman–Crippen LogP) is 1.92. The molecule has 2 aromatic rings. The van der Waals surface area contributed by atoms with Crippen molar-refractivity contribution in [2.45, 2.75) is 26.8 Å². The molecule has 0 unspecified atom stereocenters. The van der Waals surface area contributed by atoms with E-state index in [1.54, 1.807) is 19.1 Å². The van der Waals surface area contributed by atoms with Crippen molar-refractivity contribution in [3.8, 4) is 0 Å². The Balaban J connectivity index is 2.52. The Morgan fingerprint density at radius 3 is 2.85 bits per heavy atom. The van der Waals surface area contributed by atoms with Gasteiger partial charge < -0.3 is 10.1 Å². The standard InChI is InChI=1S/C14H17N3O3/c1-4-20-14(19)12-13(18)10-7-9(15-8(2)3)5-6-11(10)16-17-12/h5-8,15H,4H2,1-3H3,(H,16,18). The fourth-order valence-electron chi connectivity index (χ4n) is 1.88. The van der Waals surface area contributed by atoms with Gasteiger partial charge in [0.1, 0.15) is 0 Å². The van der Waals surface area contributed by atoms with Gasteiger partial charge in [-0.05, 0) is 39.0 Å². The lowest BCUT2D eigenvalue weighted by Crippen LogP contribution is -2.21. The Morgan fingerprint density at radius 1 is 1.45 bits per heavy atom. The fraction of sp³-hybridized carbons (Fsp3) is 0.357. The number of hydrogen-bond donors (Lipinski definition) is 2. The van der Waals surface area contributed by atoms with Gasteiger partial charge in [0.15, 0.2) is 0 Å². The van der Waals surface area contributed by atoms with Crippen molar-refractivity contribution in [2.75, 3.05) is 11.9 Å². The summed E-state index contributed by atoms with van der Waals surface area (Å²) < 4.78 is 4.82. The minimum atomic E-state index is -0.710. The number of esters is 1. The molecule has 2 N–H and O–H groups in total. The molecular weight excluding hydrogens is 258 g/mol. The van der Waals surface area contributed by atoms with Gasteiger partial charge in [-0.15, -0.1) is 0 Å². The van der Waals surface area contributed by atoms with Gasteiger partial charge in [-0.25, -0.2) is 4.79 Å². The van der Waals surface area contributed by atoms with Gasteiger partial charge in [-0.1, -0.05) is 0 Å².